The predicted octanol–water partition coefficient (Wildman–Crippen LogP) is 5.14. The molecule has 4 N–H and O–H groups in total. The lowest BCUT2D eigenvalue weighted by molar-refractivity contribution is -0.141. The van der Waals surface area contributed by atoms with Gasteiger partial charge in [-0.25, -0.2) is 32.7 Å². The lowest BCUT2D eigenvalue weighted by atomic mass is 9.99. The Morgan fingerprint density at radius 2 is 1.89 bits per heavy atom. The standard InChI is InChI=1S/C27H23F6N7O3S/c28-17-11-19(22(29)23(30)21(17)24(40-44(41)42)14-5-6-20(37-12-14)27(31,32)33)43-25-16(4-2-9-35-25)18-7-10-36-26(39-18)38-15-3-1-8-34-13-15/h2,4-7,9-12,15,24,34,40H,1,3,8,13H2,(H,41,42)(H,36,38,39)/t15-,24-/m0/s1. The molecule has 0 saturated carbocycles. The van der Waals surface area contributed by atoms with E-state index in [0.717, 1.165) is 32.0 Å². The molecule has 1 aromatic carbocycles. The maximum absolute atomic E-state index is 15.4. The van der Waals surface area contributed by atoms with Crippen molar-refractivity contribution in [3.05, 3.63) is 89.3 Å². The van der Waals surface area contributed by atoms with Crippen LogP contribution in [0, 0.1) is 17.5 Å². The first kappa shape index (κ1) is 31.2. The molecule has 1 saturated heterocycles. The molecule has 0 amide bonds. The van der Waals surface area contributed by atoms with Crippen LogP contribution >= 0.6 is 0 Å². The van der Waals surface area contributed by atoms with E-state index in [1.54, 1.807) is 12.1 Å². The number of anilines is 1. The van der Waals surface area contributed by atoms with E-state index in [9.17, 15) is 21.9 Å². The van der Waals surface area contributed by atoms with Gasteiger partial charge in [0.2, 0.25) is 28.9 Å². The Labute approximate surface area is 248 Å². The maximum atomic E-state index is 15.4. The monoisotopic (exact) mass is 639 g/mol. The minimum Gasteiger partial charge on any atom is -0.435 e. The first-order chi connectivity index (χ1) is 21.0. The summed E-state index contributed by atoms with van der Waals surface area (Å²) in [6, 6.07) is 4.61. The van der Waals surface area contributed by atoms with Gasteiger partial charge >= 0.3 is 6.18 Å². The second-order valence-electron chi connectivity index (χ2n) is 9.58. The lowest BCUT2D eigenvalue weighted by Gasteiger charge is -2.23. The largest absolute Gasteiger partial charge is 0.435 e. The quantitative estimate of drug-likeness (QED) is 0.112. The first-order valence-electron chi connectivity index (χ1n) is 13.0. The summed E-state index contributed by atoms with van der Waals surface area (Å²) >= 11 is -2.93. The second-order valence-corrected chi connectivity index (χ2v) is 10.3. The smallest absolute Gasteiger partial charge is 0.433 e. The van der Waals surface area contributed by atoms with Crippen LogP contribution in [0.4, 0.5) is 32.3 Å². The van der Waals surface area contributed by atoms with E-state index in [1.807, 2.05) is 4.72 Å². The zero-order valence-electron chi connectivity index (χ0n) is 22.4. The van der Waals surface area contributed by atoms with Crippen molar-refractivity contribution >= 4 is 17.2 Å². The average molecular weight is 640 g/mol. The van der Waals surface area contributed by atoms with E-state index in [0.29, 0.717) is 30.0 Å². The Hall–Kier alpha value is -4.19. The summed E-state index contributed by atoms with van der Waals surface area (Å²) in [6.07, 6.45) is 0.467. The fraction of sp³-hybridized carbons (Fsp3) is 0.259. The molecule has 0 bridgehead atoms. The number of ether oxygens (including phenoxy) is 1. The molecule has 0 radical (unpaired) electrons. The number of nitrogens with one attached hydrogen (secondary N) is 3. The number of hydrogen-bond acceptors (Lipinski definition) is 8. The molecule has 10 nitrogen and oxygen atoms in total. The van der Waals surface area contributed by atoms with Gasteiger partial charge in [0.15, 0.2) is 11.6 Å². The molecule has 232 valence electrons. The summed E-state index contributed by atoms with van der Waals surface area (Å²) in [5, 5.41) is 6.50. The second kappa shape index (κ2) is 13.2. The number of alkyl halides is 3. The summed E-state index contributed by atoms with van der Waals surface area (Å²) in [6.45, 7) is 1.64. The normalized spacial score (nSPS) is 16.8. The van der Waals surface area contributed by atoms with Crippen LogP contribution in [0.25, 0.3) is 11.3 Å². The number of rotatable bonds is 9. The topological polar surface area (TPSA) is 134 Å². The van der Waals surface area contributed by atoms with E-state index >= 15 is 13.2 Å². The van der Waals surface area contributed by atoms with Gasteiger partial charge in [-0.1, -0.05) is 6.07 Å². The van der Waals surface area contributed by atoms with Crippen LogP contribution in [0.1, 0.15) is 35.7 Å². The van der Waals surface area contributed by atoms with E-state index in [4.69, 9.17) is 4.74 Å². The van der Waals surface area contributed by atoms with Gasteiger partial charge in [-0.2, -0.15) is 17.6 Å². The van der Waals surface area contributed by atoms with Crippen molar-refractivity contribution in [1.82, 2.24) is 30.0 Å². The van der Waals surface area contributed by atoms with Crippen molar-refractivity contribution in [2.75, 3.05) is 18.4 Å². The number of halogens is 6. The van der Waals surface area contributed by atoms with E-state index in [-0.39, 0.29) is 23.0 Å². The molecule has 1 aliphatic heterocycles. The van der Waals surface area contributed by atoms with Gasteiger partial charge in [0.05, 0.1) is 17.3 Å². The molecule has 0 spiro atoms. The van der Waals surface area contributed by atoms with Crippen molar-refractivity contribution in [2.24, 2.45) is 0 Å². The van der Waals surface area contributed by atoms with Crippen LogP contribution < -0.4 is 20.1 Å². The van der Waals surface area contributed by atoms with Crippen LogP contribution in [0.5, 0.6) is 11.6 Å². The average Bonchev–Trinajstić information content (AvgIpc) is 3.00. The summed E-state index contributed by atoms with van der Waals surface area (Å²) < 4.78 is 113. The Morgan fingerprint density at radius 1 is 1.07 bits per heavy atom. The maximum Gasteiger partial charge on any atom is 0.433 e. The summed E-state index contributed by atoms with van der Waals surface area (Å²) in [4.78, 5) is 15.9. The van der Waals surface area contributed by atoms with Crippen molar-refractivity contribution in [1.29, 1.82) is 0 Å². The highest BCUT2D eigenvalue weighted by atomic mass is 32.2. The highest BCUT2D eigenvalue weighted by molar-refractivity contribution is 7.77. The Balaban J connectivity index is 1.46. The Kier molecular flexibility index (Phi) is 9.38. The van der Waals surface area contributed by atoms with E-state index in [2.05, 4.69) is 30.6 Å². The highest BCUT2D eigenvalue weighted by Crippen LogP contribution is 2.37. The molecule has 0 aliphatic carbocycles. The lowest BCUT2D eigenvalue weighted by Crippen LogP contribution is -2.38. The van der Waals surface area contributed by atoms with Gasteiger partial charge in [0.25, 0.3) is 0 Å². The molecule has 1 aliphatic rings. The zero-order chi connectivity index (χ0) is 31.4. The fourth-order valence-corrected chi connectivity index (χ4v) is 5.03. The van der Waals surface area contributed by atoms with Gasteiger partial charge in [0.1, 0.15) is 11.5 Å². The van der Waals surface area contributed by atoms with Crippen LogP contribution in [-0.4, -0.2) is 47.8 Å². The molecule has 1 unspecified atom stereocenters. The van der Waals surface area contributed by atoms with E-state index in [1.165, 1.54) is 18.5 Å². The van der Waals surface area contributed by atoms with Gasteiger partial charge < -0.3 is 15.4 Å². The molecule has 1 fully saturated rings. The third kappa shape index (κ3) is 7.12. The molecular weight excluding hydrogens is 616 g/mol. The van der Waals surface area contributed by atoms with Crippen molar-refractivity contribution in [2.45, 2.75) is 31.1 Å². The first-order valence-corrected chi connectivity index (χ1v) is 14.1. The fourth-order valence-electron chi connectivity index (χ4n) is 4.57. The third-order valence-corrected chi connectivity index (χ3v) is 7.05. The molecule has 3 atom stereocenters. The van der Waals surface area contributed by atoms with Gasteiger partial charge in [-0.3, -0.25) is 9.54 Å². The molecule has 4 heterocycles. The Morgan fingerprint density at radius 3 is 2.57 bits per heavy atom. The van der Waals surface area contributed by atoms with Crippen LogP contribution in [-0.2, 0) is 17.4 Å². The van der Waals surface area contributed by atoms with Crippen molar-refractivity contribution in [3.63, 3.8) is 0 Å². The van der Waals surface area contributed by atoms with Crippen molar-refractivity contribution < 1.29 is 39.8 Å². The number of aromatic nitrogens is 4. The van der Waals surface area contributed by atoms with Crippen LogP contribution in [0.2, 0.25) is 0 Å². The minimum atomic E-state index is -4.82. The Bertz CT molecular complexity index is 1660. The third-order valence-electron chi connectivity index (χ3n) is 6.62. The van der Waals surface area contributed by atoms with Crippen LogP contribution in [0.15, 0.2) is 55.0 Å². The van der Waals surface area contributed by atoms with E-state index < -0.39 is 57.9 Å². The van der Waals surface area contributed by atoms with Gasteiger partial charge in [-0.05, 0) is 49.2 Å². The number of benzene rings is 1. The zero-order valence-corrected chi connectivity index (χ0v) is 23.2. The molecule has 3 aromatic heterocycles. The number of pyridine rings is 2. The molecule has 4 aromatic rings. The number of nitrogens with zero attached hydrogens (tertiary/aromatic N) is 4. The number of hydrogen-bond donors (Lipinski definition) is 4. The van der Waals surface area contributed by atoms with Crippen LogP contribution in [0.3, 0.4) is 0 Å². The summed E-state index contributed by atoms with van der Waals surface area (Å²) in [7, 11) is 0. The predicted molar refractivity (Wildman–Crippen MR) is 146 cm³/mol. The summed E-state index contributed by atoms with van der Waals surface area (Å²) in [5.41, 5.74) is -2.20. The van der Waals surface area contributed by atoms with Gasteiger partial charge in [-0.15, -0.1) is 0 Å². The van der Waals surface area contributed by atoms with Gasteiger partial charge in [0, 0.05) is 42.8 Å². The molecule has 17 heteroatoms. The summed E-state index contributed by atoms with van der Waals surface area (Å²) in [5.74, 6) is -5.80. The molecule has 44 heavy (non-hydrogen) atoms. The minimum absolute atomic E-state index is 0.0992. The van der Waals surface area contributed by atoms with Crippen molar-refractivity contribution in [3.8, 4) is 22.9 Å². The molecule has 5 rings (SSSR count). The SMILES string of the molecule is O=S(O)N[C@@H](c1ccc(C(F)(F)F)nc1)c1c(F)cc(Oc2ncccc2-c2ccnc(N[C@H]3CCCNC3)n2)c(F)c1F. The molecular formula is C27H23F6N7O3S. The highest BCUT2D eigenvalue weighted by Gasteiger charge is 2.34. The number of piperidine rings is 1.